The van der Waals surface area contributed by atoms with Crippen LogP contribution < -0.4 is 16.0 Å². The Labute approximate surface area is 158 Å². The summed E-state index contributed by atoms with van der Waals surface area (Å²) in [5, 5.41) is 3.28. The van der Waals surface area contributed by atoms with Gasteiger partial charge < -0.3 is 16.0 Å². The molecule has 0 unspecified atom stereocenters. The topological polar surface area (TPSA) is 92.8 Å². The van der Waals surface area contributed by atoms with Crippen LogP contribution in [-0.2, 0) is 6.42 Å². The van der Waals surface area contributed by atoms with Crippen LogP contribution in [0.5, 0.6) is 0 Å². The van der Waals surface area contributed by atoms with Crippen LogP contribution in [0.15, 0.2) is 42.7 Å². The van der Waals surface area contributed by atoms with Gasteiger partial charge in [-0.2, -0.15) is 0 Å². The number of nitrogens with one attached hydrogen (secondary N) is 1. The molecular formula is C20H23N7. The molecule has 1 aromatic carbocycles. The van der Waals surface area contributed by atoms with Gasteiger partial charge in [0.15, 0.2) is 0 Å². The number of rotatable bonds is 6. The molecule has 1 aliphatic rings. The van der Waals surface area contributed by atoms with E-state index < -0.39 is 0 Å². The molecule has 7 nitrogen and oxygen atoms in total. The molecule has 4 rings (SSSR count). The number of aromatic nitrogens is 4. The zero-order valence-corrected chi connectivity index (χ0v) is 15.6. The normalized spacial score (nSPS) is 13.4. The van der Waals surface area contributed by atoms with Crippen molar-refractivity contribution in [3.05, 3.63) is 48.4 Å². The van der Waals surface area contributed by atoms with Gasteiger partial charge in [-0.1, -0.05) is 6.07 Å². The summed E-state index contributed by atoms with van der Waals surface area (Å²) < 4.78 is 0. The van der Waals surface area contributed by atoms with Crippen LogP contribution in [0.2, 0.25) is 0 Å². The average Bonchev–Trinajstić information content (AvgIpc) is 3.46. The van der Waals surface area contributed by atoms with E-state index in [1.165, 1.54) is 12.8 Å². The molecule has 0 radical (unpaired) electrons. The third-order valence-corrected chi connectivity index (χ3v) is 4.62. The zero-order valence-electron chi connectivity index (χ0n) is 15.6. The molecule has 0 aliphatic heterocycles. The fourth-order valence-electron chi connectivity index (χ4n) is 2.96. The molecular weight excluding hydrogens is 338 g/mol. The van der Waals surface area contributed by atoms with Gasteiger partial charge >= 0.3 is 0 Å². The predicted octanol–water partition coefficient (Wildman–Crippen LogP) is 3.28. The molecule has 0 saturated heterocycles. The third-order valence-electron chi connectivity index (χ3n) is 4.62. The minimum Gasteiger partial charge on any atom is -0.378 e. The van der Waals surface area contributed by atoms with E-state index in [1.54, 1.807) is 12.4 Å². The standard InChI is InChI=1S/C20H23N7/c1-27(2)15-5-3-4-14(11-15)24-20-22-9-8-17(26-20)16-12-23-19(21)25-18(16)10-13-6-7-13/h3-5,8-9,11-13H,6-7,10H2,1-2H3,(H2,21,23,25)(H,22,24,26). The first-order valence-electron chi connectivity index (χ1n) is 9.08. The number of nitrogens with two attached hydrogens (primary N) is 1. The van der Waals surface area contributed by atoms with Crippen molar-refractivity contribution in [2.24, 2.45) is 5.92 Å². The lowest BCUT2D eigenvalue weighted by atomic mass is 10.1. The lowest BCUT2D eigenvalue weighted by Gasteiger charge is -2.14. The Kier molecular flexibility index (Phi) is 4.58. The molecule has 1 saturated carbocycles. The quantitative estimate of drug-likeness (QED) is 0.696. The molecule has 0 bridgehead atoms. The van der Waals surface area contributed by atoms with Crippen molar-refractivity contribution in [2.75, 3.05) is 30.0 Å². The van der Waals surface area contributed by atoms with Crippen LogP contribution in [0.1, 0.15) is 18.5 Å². The molecule has 2 aromatic heterocycles. The number of anilines is 4. The smallest absolute Gasteiger partial charge is 0.227 e. The summed E-state index contributed by atoms with van der Waals surface area (Å²) in [4.78, 5) is 19.7. The van der Waals surface area contributed by atoms with Crippen molar-refractivity contribution < 1.29 is 0 Å². The Balaban J connectivity index is 1.62. The second kappa shape index (κ2) is 7.19. The van der Waals surface area contributed by atoms with E-state index in [0.29, 0.717) is 17.8 Å². The highest BCUT2D eigenvalue weighted by atomic mass is 15.1. The molecule has 7 heteroatoms. The van der Waals surface area contributed by atoms with E-state index in [0.717, 1.165) is 34.7 Å². The highest BCUT2D eigenvalue weighted by molar-refractivity contribution is 5.65. The zero-order chi connectivity index (χ0) is 18.8. The Morgan fingerprint density at radius 3 is 2.78 bits per heavy atom. The van der Waals surface area contributed by atoms with Crippen LogP contribution in [0.3, 0.4) is 0 Å². The lowest BCUT2D eigenvalue weighted by Crippen LogP contribution is -2.08. The van der Waals surface area contributed by atoms with Crippen molar-refractivity contribution in [1.82, 2.24) is 19.9 Å². The van der Waals surface area contributed by atoms with Crippen LogP contribution in [-0.4, -0.2) is 34.0 Å². The summed E-state index contributed by atoms with van der Waals surface area (Å²) in [6, 6.07) is 9.99. The molecule has 0 amide bonds. The largest absolute Gasteiger partial charge is 0.378 e. The number of nitrogen functional groups attached to an aromatic ring is 1. The van der Waals surface area contributed by atoms with Crippen LogP contribution in [0.4, 0.5) is 23.3 Å². The third kappa shape index (κ3) is 4.13. The minimum atomic E-state index is 0.308. The van der Waals surface area contributed by atoms with Crippen LogP contribution in [0, 0.1) is 5.92 Å². The molecule has 0 spiro atoms. The van der Waals surface area contributed by atoms with Crippen molar-refractivity contribution in [3.8, 4) is 11.3 Å². The highest BCUT2D eigenvalue weighted by Gasteiger charge is 2.24. The molecule has 1 fully saturated rings. The SMILES string of the molecule is CN(C)c1cccc(Nc2nccc(-c3cnc(N)nc3CC3CC3)n2)c1. The maximum absolute atomic E-state index is 5.80. The van der Waals surface area contributed by atoms with Crippen molar-refractivity contribution in [2.45, 2.75) is 19.3 Å². The van der Waals surface area contributed by atoms with Crippen molar-refractivity contribution in [3.63, 3.8) is 0 Å². The van der Waals surface area contributed by atoms with Gasteiger partial charge in [0.25, 0.3) is 0 Å². The molecule has 3 aromatic rings. The van der Waals surface area contributed by atoms with E-state index in [9.17, 15) is 0 Å². The summed E-state index contributed by atoms with van der Waals surface area (Å²) in [6.45, 7) is 0. The summed E-state index contributed by atoms with van der Waals surface area (Å²) in [5.41, 5.74) is 10.5. The molecule has 27 heavy (non-hydrogen) atoms. The molecule has 0 atom stereocenters. The van der Waals surface area contributed by atoms with Crippen LogP contribution in [0.25, 0.3) is 11.3 Å². The summed E-state index contributed by atoms with van der Waals surface area (Å²) in [7, 11) is 4.03. The minimum absolute atomic E-state index is 0.308. The molecule has 138 valence electrons. The van der Waals surface area contributed by atoms with E-state index in [2.05, 4.69) is 42.3 Å². The van der Waals surface area contributed by atoms with E-state index in [1.807, 2.05) is 32.3 Å². The molecule has 3 N–H and O–H groups in total. The maximum atomic E-state index is 5.80. The lowest BCUT2D eigenvalue weighted by molar-refractivity contribution is 0.802. The van der Waals surface area contributed by atoms with Crippen molar-refractivity contribution >= 4 is 23.3 Å². The summed E-state index contributed by atoms with van der Waals surface area (Å²) in [6.07, 6.45) is 6.93. The van der Waals surface area contributed by atoms with Gasteiger partial charge in [0.1, 0.15) is 0 Å². The monoisotopic (exact) mass is 361 g/mol. The van der Waals surface area contributed by atoms with Crippen molar-refractivity contribution in [1.29, 1.82) is 0 Å². The van der Waals surface area contributed by atoms with Crippen LogP contribution >= 0.6 is 0 Å². The Morgan fingerprint density at radius 1 is 1.15 bits per heavy atom. The van der Waals surface area contributed by atoms with Gasteiger partial charge in [0, 0.05) is 43.4 Å². The fourth-order valence-corrected chi connectivity index (χ4v) is 2.96. The average molecular weight is 361 g/mol. The Morgan fingerprint density at radius 2 is 2.00 bits per heavy atom. The first kappa shape index (κ1) is 17.2. The van der Waals surface area contributed by atoms with Gasteiger partial charge in [0.05, 0.1) is 11.4 Å². The first-order valence-corrected chi connectivity index (χ1v) is 9.08. The van der Waals surface area contributed by atoms with E-state index >= 15 is 0 Å². The predicted molar refractivity (Wildman–Crippen MR) is 108 cm³/mol. The molecule has 2 heterocycles. The number of hydrogen-bond acceptors (Lipinski definition) is 7. The number of benzene rings is 1. The first-order chi connectivity index (χ1) is 13.1. The fraction of sp³-hybridized carbons (Fsp3) is 0.300. The second-order valence-corrected chi connectivity index (χ2v) is 7.07. The van der Waals surface area contributed by atoms with Gasteiger partial charge in [-0.3, -0.25) is 0 Å². The Hall–Kier alpha value is -3.22. The number of hydrogen-bond donors (Lipinski definition) is 2. The summed E-state index contributed by atoms with van der Waals surface area (Å²) in [5.74, 6) is 1.55. The summed E-state index contributed by atoms with van der Waals surface area (Å²) >= 11 is 0. The highest BCUT2D eigenvalue weighted by Crippen LogP contribution is 2.35. The maximum Gasteiger partial charge on any atom is 0.227 e. The van der Waals surface area contributed by atoms with Gasteiger partial charge in [0.2, 0.25) is 11.9 Å². The molecule has 1 aliphatic carbocycles. The van der Waals surface area contributed by atoms with E-state index in [4.69, 9.17) is 5.73 Å². The van der Waals surface area contributed by atoms with Gasteiger partial charge in [-0.05, 0) is 49.4 Å². The second-order valence-electron chi connectivity index (χ2n) is 7.07. The van der Waals surface area contributed by atoms with Gasteiger partial charge in [-0.15, -0.1) is 0 Å². The van der Waals surface area contributed by atoms with E-state index in [-0.39, 0.29) is 0 Å². The Bertz CT molecular complexity index is 951. The van der Waals surface area contributed by atoms with Gasteiger partial charge in [-0.25, -0.2) is 19.9 Å². The number of nitrogens with zero attached hydrogens (tertiary/aromatic N) is 5.